The van der Waals surface area contributed by atoms with Crippen molar-refractivity contribution in [3.63, 3.8) is 0 Å². The Morgan fingerprint density at radius 2 is 1.92 bits per heavy atom. The van der Waals surface area contributed by atoms with Gasteiger partial charge in [0, 0.05) is 17.7 Å². The molecule has 0 fully saturated rings. The van der Waals surface area contributed by atoms with Crippen LogP contribution in [0.1, 0.15) is 45.1 Å². The highest BCUT2D eigenvalue weighted by atomic mass is 19.4. The zero-order valence-electron chi connectivity index (χ0n) is 19.8. The summed E-state index contributed by atoms with van der Waals surface area (Å²) in [5.74, 6) is -1.82. The second-order valence-corrected chi connectivity index (χ2v) is 9.07. The molecule has 36 heavy (non-hydrogen) atoms. The summed E-state index contributed by atoms with van der Waals surface area (Å²) < 4.78 is 61.0. The average Bonchev–Trinajstić information content (AvgIpc) is 3.40. The summed E-state index contributed by atoms with van der Waals surface area (Å²) in [4.78, 5) is 20.7. The summed E-state index contributed by atoms with van der Waals surface area (Å²) in [7, 11) is 0. The molecule has 9 nitrogen and oxygen atoms in total. The lowest BCUT2D eigenvalue weighted by Crippen LogP contribution is -2.35. The number of anilines is 2. The standard InChI is InChI=1S/C23H23F4N7O2/c1-11(2)34-21-18(20(28)29-10-30-21)19(32-34)13-6-5-12(14(24)7-13)8-17(35)31-16-9-15(36-33-16)22(3,4)23(25,26)27/h5-7,9-11H,8H2,1-4H3,(H2,28,29,30)(H,31,33,35). The Morgan fingerprint density at radius 1 is 1.19 bits per heavy atom. The molecule has 0 saturated carbocycles. The van der Waals surface area contributed by atoms with E-state index in [9.17, 15) is 22.4 Å². The summed E-state index contributed by atoms with van der Waals surface area (Å²) in [5, 5.41) is 10.8. The van der Waals surface area contributed by atoms with Gasteiger partial charge in [-0.3, -0.25) is 4.79 Å². The van der Waals surface area contributed by atoms with Crippen LogP contribution >= 0.6 is 0 Å². The summed E-state index contributed by atoms with van der Waals surface area (Å²) in [6.07, 6.45) is -3.64. The smallest absolute Gasteiger partial charge is 0.383 e. The maximum atomic E-state index is 15.0. The fraction of sp³-hybridized carbons (Fsp3) is 0.348. The van der Waals surface area contributed by atoms with E-state index in [1.807, 2.05) is 13.8 Å². The van der Waals surface area contributed by atoms with E-state index in [4.69, 9.17) is 10.3 Å². The van der Waals surface area contributed by atoms with Gasteiger partial charge in [-0.2, -0.15) is 18.3 Å². The highest BCUT2D eigenvalue weighted by Gasteiger charge is 2.51. The van der Waals surface area contributed by atoms with Crippen molar-refractivity contribution >= 4 is 28.6 Å². The number of benzene rings is 1. The molecular formula is C23H23F4N7O2. The molecule has 4 rings (SSSR count). The highest BCUT2D eigenvalue weighted by Crippen LogP contribution is 2.41. The van der Waals surface area contributed by atoms with E-state index in [2.05, 4.69) is 25.5 Å². The first kappa shape index (κ1) is 25.1. The van der Waals surface area contributed by atoms with Gasteiger partial charge >= 0.3 is 6.18 Å². The van der Waals surface area contributed by atoms with Crippen molar-refractivity contribution in [1.29, 1.82) is 0 Å². The first-order valence-electron chi connectivity index (χ1n) is 10.9. The molecule has 0 unspecified atom stereocenters. The van der Waals surface area contributed by atoms with E-state index in [0.717, 1.165) is 19.9 Å². The lowest BCUT2D eigenvalue weighted by atomic mass is 9.89. The van der Waals surface area contributed by atoms with Crippen LogP contribution in [0.3, 0.4) is 0 Å². The highest BCUT2D eigenvalue weighted by molar-refractivity contribution is 5.98. The summed E-state index contributed by atoms with van der Waals surface area (Å²) in [6.45, 7) is 5.70. The maximum Gasteiger partial charge on any atom is 0.401 e. The molecule has 0 atom stereocenters. The van der Waals surface area contributed by atoms with Crippen LogP contribution in [0.25, 0.3) is 22.3 Å². The number of carbonyl (C=O) groups excluding carboxylic acids is 1. The third-order valence-electron chi connectivity index (χ3n) is 5.79. The molecule has 3 heterocycles. The largest absolute Gasteiger partial charge is 0.401 e. The van der Waals surface area contributed by atoms with E-state index < -0.39 is 29.1 Å². The maximum absolute atomic E-state index is 15.0. The van der Waals surface area contributed by atoms with E-state index in [0.29, 0.717) is 22.3 Å². The Hall–Kier alpha value is -4.03. The van der Waals surface area contributed by atoms with Gasteiger partial charge in [-0.05, 0) is 39.3 Å². The Labute approximate surface area is 202 Å². The number of carbonyl (C=O) groups is 1. The second-order valence-electron chi connectivity index (χ2n) is 9.07. The van der Waals surface area contributed by atoms with E-state index in [1.165, 1.54) is 18.5 Å². The number of fused-ring (bicyclic) bond motifs is 1. The van der Waals surface area contributed by atoms with Crippen LogP contribution < -0.4 is 11.1 Å². The molecule has 3 aromatic heterocycles. The lowest BCUT2D eigenvalue weighted by molar-refractivity contribution is -0.185. The SMILES string of the molecule is CC(C)n1nc(-c2ccc(CC(=O)Nc3cc(C(C)(C)C(F)(F)F)on3)c(F)c2)c2c(N)ncnc21. The molecule has 0 aliphatic rings. The molecule has 13 heteroatoms. The van der Waals surface area contributed by atoms with E-state index in [1.54, 1.807) is 10.7 Å². The van der Waals surface area contributed by atoms with Crippen molar-refractivity contribution in [3.8, 4) is 11.3 Å². The normalized spacial score (nSPS) is 12.5. The monoisotopic (exact) mass is 505 g/mol. The number of amides is 1. The summed E-state index contributed by atoms with van der Waals surface area (Å²) in [5.41, 5.74) is 5.13. The van der Waals surface area contributed by atoms with E-state index in [-0.39, 0.29) is 29.7 Å². The van der Waals surface area contributed by atoms with Crippen LogP contribution in [-0.2, 0) is 16.6 Å². The van der Waals surface area contributed by atoms with Crippen LogP contribution in [0.2, 0.25) is 0 Å². The van der Waals surface area contributed by atoms with Gasteiger partial charge < -0.3 is 15.6 Å². The molecule has 4 aromatic rings. The number of halogens is 4. The fourth-order valence-electron chi connectivity index (χ4n) is 3.52. The quantitative estimate of drug-likeness (QED) is 0.361. The van der Waals surface area contributed by atoms with Gasteiger partial charge in [0.05, 0.1) is 11.8 Å². The molecule has 0 radical (unpaired) electrons. The average molecular weight is 505 g/mol. The Morgan fingerprint density at radius 3 is 2.56 bits per heavy atom. The van der Waals surface area contributed by atoms with Gasteiger partial charge in [-0.15, -0.1) is 0 Å². The van der Waals surface area contributed by atoms with Crippen molar-refractivity contribution in [2.24, 2.45) is 0 Å². The zero-order chi connectivity index (χ0) is 26.4. The molecule has 0 bridgehead atoms. The van der Waals surface area contributed by atoms with E-state index >= 15 is 0 Å². The molecular weight excluding hydrogens is 482 g/mol. The molecule has 0 spiro atoms. The van der Waals surface area contributed by atoms with Crippen LogP contribution in [0.15, 0.2) is 35.1 Å². The van der Waals surface area contributed by atoms with Gasteiger partial charge in [0.25, 0.3) is 0 Å². The van der Waals surface area contributed by atoms with Crippen molar-refractivity contribution in [2.45, 2.75) is 51.7 Å². The first-order chi connectivity index (χ1) is 16.8. The summed E-state index contributed by atoms with van der Waals surface area (Å²) in [6, 6.07) is 5.19. The number of nitrogens with zero attached hydrogens (tertiary/aromatic N) is 5. The number of alkyl halides is 3. The van der Waals surface area contributed by atoms with Gasteiger partial charge in [-0.1, -0.05) is 17.3 Å². The molecule has 3 N–H and O–H groups in total. The molecule has 0 aliphatic heterocycles. The number of nitrogen functional groups attached to an aromatic ring is 1. The number of aromatic nitrogens is 5. The molecule has 1 aromatic carbocycles. The predicted octanol–water partition coefficient (Wildman–Crippen LogP) is 4.80. The van der Waals surface area contributed by atoms with Crippen LogP contribution in [0, 0.1) is 5.82 Å². The Bertz CT molecular complexity index is 1440. The van der Waals surface area contributed by atoms with Gasteiger partial charge in [0.15, 0.2) is 17.2 Å². The second kappa shape index (κ2) is 8.88. The Kier molecular flexibility index (Phi) is 6.18. The molecule has 190 valence electrons. The Balaban J connectivity index is 1.55. The van der Waals surface area contributed by atoms with Crippen LogP contribution in [0.4, 0.5) is 29.2 Å². The van der Waals surface area contributed by atoms with Gasteiger partial charge in [-0.25, -0.2) is 19.0 Å². The van der Waals surface area contributed by atoms with Crippen LogP contribution in [-0.4, -0.2) is 37.0 Å². The number of rotatable bonds is 6. The third-order valence-corrected chi connectivity index (χ3v) is 5.79. The molecule has 0 saturated heterocycles. The topological polar surface area (TPSA) is 125 Å². The van der Waals surface area contributed by atoms with Gasteiger partial charge in [0.2, 0.25) is 5.91 Å². The third kappa shape index (κ3) is 4.48. The lowest BCUT2D eigenvalue weighted by Gasteiger charge is -2.24. The predicted molar refractivity (Wildman–Crippen MR) is 123 cm³/mol. The van der Waals surface area contributed by atoms with Crippen molar-refractivity contribution in [1.82, 2.24) is 24.9 Å². The van der Waals surface area contributed by atoms with Crippen LogP contribution in [0.5, 0.6) is 0 Å². The summed E-state index contributed by atoms with van der Waals surface area (Å²) >= 11 is 0. The number of nitrogens with one attached hydrogen (secondary N) is 1. The van der Waals surface area contributed by atoms with Gasteiger partial charge in [0.1, 0.15) is 29.1 Å². The number of nitrogens with two attached hydrogens (primary N) is 1. The van der Waals surface area contributed by atoms with Crippen molar-refractivity contribution < 1.29 is 26.9 Å². The first-order valence-corrected chi connectivity index (χ1v) is 10.9. The number of hydrogen-bond donors (Lipinski definition) is 2. The van der Waals surface area contributed by atoms with Crippen molar-refractivity contribution in [2.75, 3.05) is 11.1 Å². The minimum Gasteiger partial charge on any atom is -0.383 e. The van der Waals surface area contributed by atoms with Crippen molar-refractivity contribution in [3.05, 3.63) is 47.7 Å². The molecule has 1 amide bonds. The molecule has 0 aliphatic carbocycles. The minimum atomic E-state index is -4.58. The fourth-order valence-corrected chi connectivity index (χ4v) is 3.52. The minimum absolute atomic E-state index is 0.0397. The number of hydrogen-bond acceptors (Lipinski definition) is 7. The zero-order valence-corrected chi connectivity index (χ0v) is 19.8.